The van der Waals surface area contributed by atoms with E-state index in [1.54, 1.807) is 0 Å². The van der Waals surface area contributed by atoms with E-state index in [1.165, 1.54) is 16.0 Å². The minimum atomic E-state index is 0.339. The van der Waals surface area contributed by atoms with Crippen molar-refractivity contribution < 1.29 is 0 Å². The number of hydrogen-bond donors (Lipinski definition) is 1. The number of aryl methyl sites for hydroxylation is 4. The minimum absolute atomic E-state index is 0.339. The summed E-state index contributed by atoms with van der Waals surface area (Å²) < 4.78 is 0. The molecule has 5 heteroatoms. The summed E-state index contributed by atoms with van der Waals surface area (Å²) in [5.74, 6) is 3.31. The summed E-state index contributed by atoms with van der Waals surface area (Å²) in [6, 6.07) is 6.95. The van der Waals surface area contributed by atoms with E-state index in [0.29, 0.717) is 12.0 Å². The van der Waals surface area contributed by atoms with Crippen molar-refractivity contribution in [3.05, 3.63) is 41.0 Å². The normalized spacial score (nSPS) is 12.2. The van der Waals surface area contributed by atoms with Crippen molar-refractivity contribution in [2.24, 2.45) is 0 Å². The van der Waals surface area contributed by atoms with E-state index in [9.17, 15) is 0 Å². The molecular weight excluding hydrogens is 304 g/mol. The molecule has 0 bridgehead atoms. The summed E-state index contributed by atoms with van der Waals surface area (Å²) in [5.41, 5.74) is 2.64. The maximum atomic E-state index is 4.48. The maximum Gasteiger partial charge on any atom is 0.226 e. The topological polar surface area (TPSA) is 50.7 Å². The molecule has 0 saturated heterocycles. The van der Waals surface area contributed by atoms with Crippen molar-refractivity contribution in [2.45, 2.75) is 58.4 Å². The van der Waals surface area contributed by atoms with Crippen LogP contribution in [-0.2, 0) is 6.42 Å². The van der Waals surface area contributed by atoms with Gasteiger partial charge in [0.2, 0.25) is 5.95 Å². The summed E-state index contributed by atoms with van der Waals surface area (Å²) in [5, 5.41) is 3.47. The molecule has 1 aromatic heterocycles. The van der Waals surface area contributed by atoms with Crippen molar-refractivity contribution in [1.29, 1.82) is 0 Å². The fourth-order valence-corrected chi connectivity index (χ4v) is 3.52. The van der Waals surface area contributed by atoms with Crippen LogP contribution in [0.2, 0.25) is 0 Å². The lowest BCUT2D eigenvalue weighted by atomic mass is 10.2. The molecule has 2 aromatic rings. The third-order valence-electron chi connectivity index (χ3n) is 3.72. The van der Waals surface area contributed by atoms with Crippen molar-refractivity contribution in [3.63, 3.8) is 0 Å². The van der Waals surface area contributed by atoms with Gasteiger partial charge < -0.3 is 5.32 Å². The van der Waals surface area contributed by atoms with E-state index in [1.807, 2.05) is 18.7 Å². The first kappa shape index (κ1) is 17.7. The highest BCUT2D eigenvalue weighted by atomic mass is 32.2. The monoisotopic (exact) mass is 330 g/mol. The summed E-state index contributed by atoms with van der Waals surface area (Å²) in [6.07, 6.45) is 1.86. The highest BCUT2D eigenvalue weighted by molar-refractivity contribution is 7.99. The van der Waals surface area contributed by atoms with Crippen LogP contribution >= 0.6 is 11.8 Å². The highest BCUT2D eigenvalue weighted by Crippen LogP contribution is 2.25. The van der Waals surface area contributed by atoms with E-state index in [0.717, 1.165) is 30.2 Å². The lowest BCUT2D eigenvalue weighted by molar-refractivity contribution is 0.750. The number of hydrogen-bond acceptors (Lipinski definition) is 5. The second-order valence-corrected chi connectivity index (χ2v) is 6.87. The smallest absolute Gasteiger partial charge is 0.226 e. The zero-order valence-electron chi connectivity index (χ0n) is 14.7. The van der Waals surface area contributed by atoms with Crippen LogP contribution in [0.1, 0.15) is 43.0 Å². The van der Waals surface area contributed by atoms with Gasteiger partial charge in [0, 0.05) is 23.1 Å². The number of nitrogens with one attached hydrogen (secondary N) is 1. The Balaban J connectivity index is 2.03. The van der Waals surface area contributed by atoms with Crippen LogP contribution < -0.4 is 5.32 Å². The lowest BCUT2D eigenvalue weighted by Crippen LogP contribution is -2.23. The Morgan fingerprint density at radius 2 is 1.87 bits per heavy atom. The molecule has 2 rings (SSSR count). The molecule has 0 saturated carbocycles. The zero-order chi connectivity index (χ0) is 16.8. The third kappa shape index (κ3) is 5.20. The number of anilines is 1. The minimum Gasteiger partial charge on any atom is -0.351 e. The molecule has 0 fully saturated rings. The fourth-order valence-electron chi connectivity index (χ4n) is 2.26. The van der Waals surface area contributed by atoms with E-state index in [2.05, 4.69) is 66.2 Å². The predicted molar refractivity (Wildman–Crippen MR) is 98.3 cm³/mol. The van der Waals surface area contributed by atoms with Crippen LogP contribution in [0.4, 0.5) is 5.95 Å². The van der Waals surface area contributed by atoms with Crippen LogP contribution in [0.3, 0.4) is 0 Å². The Hall–Kier alpha value is -1.62. The van der Waals surface area contributed by atoms with E-state index in [4.69, 9.17) is 0 Å². The summed E-state index contributed by atoms with van der Waals surface area (Å²) in [4.78, 5) is 14.6. The Morgan fingerprint density at radius 3 is 2.57 bits per heavy atom. The summed E-state index contributed by atoms with van der Waals surface area (Å²) >= 11 is 1.89. The molecule has 0 aliphatic heterocycles. The van der Waals surface area contributed by atoms with Crippen LogP contribution in [0.25, 0.3) is 0 Å². The van der Waals surface area contributed by atoms with Gasteiger partial charge in [0.05, 0.1) is 0 Å². The first-order chi connectivity index (χ1) is 11.0. The lowest BCUT2D eigenvalue weighted by Gasteiger charge is -2.18. The molecule has 1 heterocycles. The molecule has 1 aromatic carbocycles. The third-order valence-corrected chi connectivity index (χ3v) is 5.04. The molecule has 124 valence electrons. The first-order valence-electron chi connectivity index (χ1n) is 8.20. The van der Waals surface area contributed by atoms with Crippen LogP contribution in [0, 0.1) is 20.8 Å². The Morgan fingerprint density at radius 1 is 1.09 bits per heavy atom. The quantitative estimate of drug-likeness (QED) is 0.765. The van der Waals surface area contributed by atoms with Gasteiger partial charge in [0.1, 0.15) is 11.6 Å². The Labute approximate surface area is 143 Å². The molecule has 0 spiro atoms. The van der Waals surface area contributed by atoms with Crippen LogP contribution in [0.15, 0.2) is 23.1 Å². The molecule has 0 amide bonds. The van der Waals surface area contributed by atoms with Crippen molar-refractivity contribution in [1.82, 2.24) is 15.0 Å². The second-order valence-electron chi connectivity index (χ2n) is 5.81. The van der Waals surface area contributed by atoms with Gasteiger partial charge in [-0.15, -0.1) is 11.8 Å². The van der Waals surface area contributed by atoms with Crippen molar-refractivity contribution in [2.75, 3.05) is 11.1 Å². The zero-order valence-corrected chi connectivity index (χ0v) is 15.5. The van der Waals surface area contributed by atoms with Crippen LogP contribution in [0.5, 0.6) is 0 Å². The molecule has 0 aliphatic carbocycles. The standard InChI is InChI=1S/C18H26N4S/c1-6-15(11-23-16-10-12(3)8-9-13(16)4)21-18-20-14(5)19-17(7-2)22-18/h8-10,15H,6-7,11H2,1-5H3,(H,19,20,21,22). The molecule has 1 atom stereocenters. The predicted octanol–water partition coefficient (Wildman–Crippen LogP) is 4.34. The SMILES string of the molecule is CCc1nc(C)nc(NC(CC)CSc2cc(C)ccc2C)n1. The van der Waals surface area contributed by atoms with Gasteiger partial charge in [0.25, 0.3) is 0 Å². The van der Waals surface area contributed by atoms with E-state index >= 15 is 0 Å². The molecule has 23 heavy (non-hydrogen) atoms. The number of thioether (sulfide) groups is 1. The first-order valence-corrected chi connectivity index (χ1v) is 9.18. The molecule has 0 radical (unpaired) electrons. The second kappa shape index (κ2) is 8.29. The summed E-state index contributed by atoms with van der Waals surface area (Å²) in [7, 11) is 0. The fraction of sp³-hybridized carbons (Fsp3) is 0.500. The average Bonchev–Trinajstić information content (AvgIpc) is 2.53. The number of rotatable bonds is 7. The van der Waals surface area contributed by atoms with Gasteiger partial charge in [0.15, 0.2) is 0 Å². The van der Waals surface area contributed by atoms with Gasteiger partial charge in [-0.3, -0.25) is 0 Å². The van der Waals surface area contributed by atoms with Crippen LogP contribution in [-0.4, -0.2) is 26.7 Å². The van der Waals surface area contributed by atoms with Gasteiger partial charge >= 0.3 is 0 Å². The molecule has 1 unspecified atom stereocenters. The average molecular weight is 331 g/mol. The largest absolute Gasteiger partial charge is 0.351 e. The Bertz CT molecular complexity index is 657. The van der Waals surface area contributed by atoms with Gasteiger partial charge in [-0.05, 0) is 38.8 Å². The highest BCUT2D eigenvalue weighted by Gasteiger charge is 2.11. The number of aromatic nitrogens is 3. The molecule has 4 nitrogen and oxygen atoms in total. The van der Waals surface area contributed by atoms with Gasteiger partial charge in [-0.25, -0.2) is 4.98 Å². The van der Waals surface area contributed by atoms with Crippen molar-refractivity contribution >= 4 is 17.7 Å². The summed E-state index contributed by atoms with van der Waals surface area (Å²) in [6.45, 7) is 10.5. The van der Waals surface area contributed by atoms with E-state index in [-0.39, 0.29) is 0 Å². The Kier molecular flexibility index (Phi) is 6.39. The molecule has 1 N–H and O–H groups in total. The molecule has 0 aliphatic rings. The maximum absolute atomic E-state index is 4.48. The van der Waals surface area contributed by atoms with E-state index < -0.39 is 0 Å². The van der Waals surface area contributed by atoms with Gasteiger partial charge in [-0.1, -0.05) is 31.5 Å². The number of benzene rings is 1. The molecular formula is C18H26N4S. The number of nitrogens with zero attached hydrogens (tertiary/aromatic N) is 3. The van der Waals surface area contributed by atoms with Crippen molar-refractivity contribution in [3.8, 4) is 0 Å². The van der Waals surface area contributed by atoms with Gasteiger partial charge in [-0.2, -0.15) is 9.97 Å².